The summed E-state index contributed by atoms with van der Waals surface area (Å²) in [6, 6.07) is 5.17. The number of nitrogens with two attached hydrogens (primary N) is 1. The van der Waals surface area contributed by atoms with E-state index in [0.29, 0.717) is 22.8 Å². The first-order chi connectivity index (χ1) is 6.65. The molecule has 0 atom stereocenters. The smallest absolute Gasteiger partial charge is 0.224 e. The van der Waals surface area contributed by atoms with Crippen molar-refractivity contribution in [1.82, 2.24) is 0 Å². The molecule has 0 spiro atoms. The van der Waals surface area contributed by atoms with E-state index in [4.69, 9.17) is 17.3 Å². The Labute approximate surface area is 88.2 Å². The third kappa shape index (κ3) is 2.64. The van der Waals surface area contributed by atoms with Gasteiger partial charge in [-0.1, -0.05) is 24.6 Å². The minimum absolute atomic E-state index is 0.0417. The van der Waals surface area contributed by atoms with Gasteiger partial charge < -0.3 is 11.1 Å². The van der Waals surface area contributed by atoms with Gasteiger partial charge in [0.25, 0.3) is 0 Å². The molecule has 0 bridgehead atoms. The van der Waals surface area contributed by atoms with Gasteiger partial charge in [-0.3, -0.25) is 4.79 Å². The van der Waals surface area contributed by atoms with E-state index in [1.165, 1.54) is 0 Å². The number of hydrogen-bond acceptors (Lipinski definition) is 2. The van der Waals surface area contributed by atoms with Crippen LogP contribution in [0.5, 0.6) is 0 Å². The third-order valence-corrected chi connectivity index (χ3v) is 2.20. The van der Waals surface area contributed by atoms with Gasteiger partial charge in [0.1, 0.15) is 0 Å². The van der Waals surface area contributed by atoms with Crippen molar-refractivity contribution in [3.8, 4) is 0 Å². The maximum absolute atomic E-state index is 11.3. The van der Waals surface area contributed by atoms with Crippen molar-refractivity contribution >= 4 is 28.9 Å². The molecule has 0 aromatic heterocycles. The van der Waals surface area contributed by atoms with Crippen LogP contribution >= 0.6 is 11.6 Å². The van der Waals surface area contributed by atoms with Crippen molar-refractivity contribution in [2.75, 3.05) is 11.1 Å². The number of nitrogens with one attached hydrogen (secondary N) is 1. The topological polar surface area (TPSA) is 55.1 Å². The minimum Gasteiger partial charge on any atom is -0.397 e. The summed E-state index contributed by atoms with van der Waals surface area (Å²) in [6.07, 6.45) is 1.30. The van der Waals surface area contributed by atoms with Gasteiger partial charge in [-0.05, 0) is 18.6 Å². The van der Waals surface area contributed by atoms with Gasteiger partial charge in [-0.15, -0.1) is 0 Å². The highest BCUT2D eigenvalue weighted by Gasteiger charge is 2.06. The molecule has 1 aromatic carbocycles. The van der Waals surface area contributed by atoms with Crippen molar-refractivity contribution in [3.05, 3.63) is 23.2 Å². The van der Waals surface area contributed by atoms with Gasteiger partial charge in [0.15, 0.2) is 0 Å². The van der Waals surface area contributed by atoms with Crippen LogP contribution in [0.25, 0.3) is 0 Å². The Balaban J connectivity index is 2.76. The highest BCUT2D eigenvalue weighted by Crippen LogP contribution is 2.27. The molecule has 0 heterocycles. The van der Waals surface area contributed by atoms with E-state index >= 15 is 0 Å². The summed E-state index contributed by atoms with van der Waals surface area (Å²) in [5, 5.41) is 3.10. The van der Waals surface area contributed by atoms with Gasteiger partial charge in [0.2, 0.25) is 5.91 Å². The summed E-state index contributed by atoms with van der Waals surface area (Å²) < 4.78 is 0. The summed E-state index contributed by atoms with van der Waals surface area (Å²) in [5.41, 5.74) is 6.63. The highest BCUT2D eigenvalue weighted by molar-refractivity contribution is 6.36. The second kappa shape index (κ2) is 4.86. The lowest BCUT2D eigenvalue weighted by Gasteiger charge is -2.07. The van der Waals surface area contributed by atoms with E-state index in [9.17, 15) is 4.79 Å². The number of rotatable bonds is 3. The van der Waals surface area contributed by atoms with E-state index < -0.39 is 0 Å². The lowest BCUT2D eigenvalue weighted by Crippen LogP contribution is -2.11. The first-order valence-corrected chi connectivity index (χ1v) is 4.86. The second-order valence-corrected chi connectivity index (χ2v) is 3.38. The Hall–Kier alpha value is -1.22. The maximum Gasteiger partial charge on any atom is 0.224 e. The standard InChI is InChI=1S/C10H13ClN2O/c1-2-4-9(14)13-8-6-3-5-7(12)10(8)11/h3,5-6H,2,4,12H2,1H3,(H,13,14). The van der Waals surface area contributed by atoms with Crippen molar-refractivity contribution in [3.63, 3.8) is 0 Å². The van der Waals surface area contributed by atoms with E-state index in [1.807, 2.05) is 6.92 Å². The summed E-state index contributed by atoms with van der Waals surface area (Å²) >= 11 is 5.90. The first-order valence-electron chi connectivity index (χ1n) is 4.49. The Bertz CT molecular complexity index is 339. The highest BCUT2D eigenvalue weighted by atomic mass is 35.5. The van der Waals surface area contributed by atoms with Crippen LogP contribution in [-0.2, 0) is 4.79 Å². The molecule has 0 aliphatic carbocycles. The number of benzene rings is 1. The molecule has 3 nitrogen and oxygen atoms in total. The molecule has 0 aliphatic rings. The van der Waals surface area contributed by atoms with E-state index in [0.717, 1.165) is 6.42 Å². The van der Waals surface area contributed by atoms with Crippen LogP contribution < -0.4 is 11.1 Å². The largest absolute Gasteiger partial charge is 0.397 e. The third-order valence-electron chi connectivity index (χ3n) is 1.78. The predicted octanol–water partition coefficient (Wildman–Crippen LogP) is 2.66. The number of hydrogen-bond donors (Lipinski definition) is 2. The molecule has 14 heavy (non-hydrogen) atoms. The van der Waals surface area contributed by atoms with Crippen LogP contribution in [-0.4, -0.2) is 5.91 Å². The van der Waals surface area contributed by atoms with Crippen LogP contribution in [0.15, 0.2) is 18.2 Å². The molecule has 0 fully saturated rings. The maximum atomic E-state index is 11.3. The van der Waals surface area contributed by atoms with E-state index in [-0.39, 0.29) is 5.91 Å². The Kier molecular flexibility index (Phi) is 3.77. The van der Waals surface area contributed by atoms with E-state index in [2.05, 4.69) is 5.32 Å². The number of amides is 1. The minimum atomic E-state index is -0.0417. The second-order valence-electron chi connectivity index (χ2n) is 3.01. The molecule has 0 unspecified atom stereocenters. The van der Waals surface area contributed by atoms with Crippen molar-refractivity contribution < 1.29 is 4.79 Å². The van der Waals surface area contributed by atoms with Gasteiger partial charge in [0.05, 0.1) is 16.4 Å². The molecule has 1 amide bonds. The fourth-order valence-electron chi connectivity index (χ4n) is 1.09. The first kappa shape index (κ1) is 10.9. The van der Waals surface area contributed by atoms with Crippen LogP contribution in [0.4, 0.5) is 11.4 Å². The van der Waals surface area contributed by atoms with Gasteiger partial charge in [0, 0.05) is 6.42 Å². The van der Waals surface area contributed by atoms with Gasteiger partial charge >= 0.3 is 0 Å². The zero-order chi connectivity index (χ0) is 10.6. The zero-order valence-electron chi connectivity index (χ0n) is 8.01. The summed E-state index contributed by atoms with van der Waals surface area (Å²) in [4.78, 5) is 11.3. The Morgan fingerprint density at radius 3 is 2.93 bits per heavy atom. The van der Waals surface area contributed by atoms with Crippen LogP contribution in [0, 0.1) is 0 Å². The summed E-state index contributed by atoms with van der Waals surface area (Å²) in [5.74, 6) is -0.0417. The summed E-state index contributed by atoms with van der Waals surface area (Å²) in [7, 11) is 0. The predicted molar refractivity (Wildman–Crippen MR) is 59.4 cm³/mol. The summed E-state index contributed by atoms with van der Waals surface area (Å²) in [6.45, 7) is 1.94. The molecule has 1 rings (SSSR count). The Morgan fingerprint density at radius 2 is 2.29 bits per heavy atom. The Morgan fingerprint density at radius 1 is 1.57 bits per heavy atom. The number of halogens is 1. The van der Waals surface area contributed by atoms with Gasteiger partial charge in [-0.2, -0.15) is 0 Å². The van der Waals surface area contributed by atoms with Crippen molar-refractivity contribution in [1.29, 1.82) is 0 Å². The van der Waals surface area contributed by atoms with Crippen LogP contribution in [0.2, 0.25) is 5.02 Å². The molecule has 76 valence electrons. The lowest BCUT2D eigenvalue weighted by molar-refractivity contribution is -0.116. The zero-order valence-corrected chi connectivity index (χ0v) is 8.77. The van der Waals surface area contributed by atoms with Crippen LogP contribution in [0.1, 0.15) is 19.8 Å². The average molecular weight is 213 g/mol. The molecule has 0 aliphatic heterocycles. The fourth-order valence-corrected chi connectivity index (χ4v) is 1.26. The number of carbonyl (C=O) groups excluding carboxylic acids is 1. The van der Waals surface area contributed by atoms with Gasteiger partial charge in [-0.25, -0.2) is 0 Å². The molecule has 0 saturated carbocycles. The normalized spacial score (nSPS) is 9.86. The average Bonchev–Trinajstić information content (AvgIpc) is 2.13. The lowest BCUT2D eigenvalue weighted by atomic mass is 10.2. The molecular weight excluding hydrogens is 200 g/mol. The van der Waals surface area contributed by atoms with Crippen molar-refractivity contribution in [2.24, 2.45) is 0 Å². The quantitative estimate of drug-likeness (QED) is 0.757. The SMILES string of the molecule is CCCC(=O)Nc1cccc(N)c1Cl. The molecule has 3 N–H and O–H groups in total. The molecule has 0 radical (unpaired) electrons. The number of anilines is 2. The monoisotopic (exact) mass is 212 g/mol. The molecule has 4 heteroatoms. The molecule has 1 aromatic rings. The molecule has 0 saturated heterocycles. The molecular formula is C10H13ClN2O. The fraction of sp³-hybridized carbons (Fsp3) is 0.300. The van der Waals surface area contributed by atoms with E-state index in [1.54, 1.807) is 18.2 Å². The number of carbonyl (C=O) groups is 1. The van der Waals surface area contributed by atoms with Crippen LogP contribution in [0.3, 0.4) is 0 Å². The number of nitrogen functional groups attached to an aromatic ring is 1. The van der Waals surface area contributed by atoms with Crippen molar-refractivity contribution in [2.45, 2.75) is 19.8 Å².